The van der Waals surface area contributed by atoms with Gasteiger partial charge in [-0.05, 0) is 30.0 Å². The predicted octanol–water partition coefficient (Wildman–Crippen LogP) is 3.60. The van der Waals surface area contributed by atoms with Gasteiger partial charge in [-0.3, -0.25) is 0 Å². The van der Waals surface area contributed by atoms with Crippen molar-refractivity contribution in [3.8, 4) is 0 Å². The maximum absolute atomic E-state index is 5.99. The van der Waals surface area contributed by atoms with Crippen molar-refractivity contribution >= 4 is 15.1 Å². The van der Waals surface area contributed by atoms with Crippen LogP contribution >= 0.6 is 0 Å². The highest BCUT2D eigenvalue weighted by Crippen LogP contribution is 2.09. The fourth-order valence-corrected chi connectivity index (χ4v) is 4.07. The maximum Gasteiger partial charge on any atom is 0.202 e. The van der Waals surface area contributed by atoms with Gasteiger partial charge in [0.25, 0.3) is 0 Å². The Morgan fingerprint density at radius 1 is 1.37 bits per heavy atom. The molecule has 0 N–H and O–H groups in total. The van der Waals surface area contributed by atoms with Crippen molar-refractivity contribution in [3.05, 3.63) is 42.0 Å². The van der Waals surface area contributed by atoms with Crippen molar-refractivity contribution in [2.75, 3.05) is 19.9 Å². The average Bonchev–Trinajstić information content (AvgIpc) is 2.44. The molecule has 3 heteroatoms. The highest BCUT2D eigenvalue weighted by molar-refractivity contribution is 6.51. The van der Waals surface area contributed by atoms with Crippen LogP contribution in [0.15, 0.2) is 30.8 Å². The Balaban J connectivity index is 2.26. The summed E-state index contributed by atoms with van der Waals surface area (Å²) in [4.78, 5) is 0. The molecule has 0 spiro atoms. The largest absolute Gasteiger partial charge is 0.418 e. The highest BCUT2D eigenvalue weighted by Gasteiger charge is 2.09. The summed E-state index contributed by atoms with van der Waals surface area (Å²) in [5.41, 5.74) is 2.55. The van der Waals surface area contributed by atoms with Crippen LogP contribution in [0, 0.1) is 0 Å². The Morgan fingerprint density at radius 2 is 2.21 bits per heavy atom. The summed E-state index contributed by atoms with van der Waals surface area (Å²) < 4.78 is 11.2. The van der Waals surface area contributed by atoms with Crippen molar-refractivity contribution in [3.63, 3.8) is 0 Å². The number of methoxy groups -OCH3 is 1. The van der Waals surface area contributed by atoms with Gasteiger partial charge < -0.3 is 9.16 Å². The first kappa shape index (κ1) is 16.2. The molecule has 0 amide bonds. The van der Waals surface area contributed by atoms with Crippen molar-refractivity contribution in [2.24, 2.45) is 0 Å². The van der Waals surface area contributed by atoms with Crippen molar-refractivity contribution in [2.45, 2.75) is 32.2 Å². The van der Waals surface area contributed by atoms with E-state index < -0.39 is 9.04 Å². The SMILES string of the molecule is C=Cc1cccc(CCCO[SiH](CCC)COC)c1. The number of rotatable bonds is 10. The smallest absolute Gasteiger partial charge is 0.202 e. The van der Waals surface area contributed by atoms with Crippen molar-refractivity contribution < 1.29 is 9.16 Å². The third-order valence-electron chi connectivity index (χ3n) is 3.11. The quantitative estimate of drug-likeness (QED) is 0.481. The molecule has 0 fully saturated rings. The molecule has 1 aromatic carbocycles. The number of benzene rings is 1. The molecule has 0 bridgehead atoms. The molecule has 1 unspecified atom stereocenters. The summed E-state index contributed by atoms with van der Waals surface area (Å²) in [5, 5.41) is 0. The van der Waals surface area contributed by atoms with Crippen LogP contribution in [0.2, 0.25) is 6.04 Å². The Morgan fingerprint density at radius 3 is 2.89 bits per heavy atom. The van der Waals surface area contributed by atoms with Crippen LogP contribution in [0.25, 0.3) is 6.08 Å². The van der Waals surface area contributed by atoms with Crippen LogP contribution in [0.5, 0.6) is 0 Å². The molecule has 0 radical (unpaired) electrons. The second-order valence-corrected chi connectivity index (χ2v) is 7.28. The zero-order valence-electron chi connectivity index (χ0n) is 12.2. The molecule has 2 nitrogen and oxygen atoms in total. The van der Waals surface area contributed by atoms with Gasteiger partial charge in [-0.1, -0.05) is 50.3 Å². The van der Waals surface area contributed by atoms with Crippen LogP contribution in [-0.4, -0.2) is 29.0 Å². The van der Waals surface area contributed by atoms with Gasteiger partial charge in [0, 0.05) is 13.7 Å². The molecule has 0 aliphatic heterocycles. The van der Waals surface area contributed by atoms with E-state index in [0.29, 0.717) is 0 Å². The predicted molar refractivity (Wildman–Crippen MR) is 84.9 cm³/mol. The molecule has 106 valence electrons. The van der Waals surface area contributed by atoms with Crippen molar-refractivity contribution in [1.82, 2.24) is 0 Å². The Hall–Kier alpha value is -0.903. The van der Waals surface area contributed by atoms with Gasteiger partial charge in [0.2, 0.25) is 9.04 Å². The summed E-state index contributed by atoms with van der Waals surface area (Å²) in [5.74, 6) is 0. The lowest BCUT2D eigenvalue weighted by Crippen LogP contribution is -2.25. The topological polar surface area (TPSA) is 18.5 Å². The fourth-order valence-electron chi connectivity index (χ4n) is 2.12. The summed E-state index contributed by atoms with van der Waals surface area (Å²) >= 11 is 0. The van der Waals surface area contributed by atoms with E-state index in [0.717, 1.165) is 25.7 Å². The van der Waals surface area contributed by atoms with E-state index in [4.69, 9.17) is 9.16 Å². The molecular formula is C16H26O2Si. The molecule has 1 atom stereocenters. The van der Waals surface area contributed by atoms with Gasteiger partial charge in [-0.15, -0.1) is 0 Å². The van der Waals surface area contributed by atoms with E-state index >= 15 is 0 Å². The minimum Gasteiger partial charge on any atom is -0.418 e. The van der Waals surface area contributed by atoms with Crippen LogP contribution in [0.4, 0.5) is 0 Å². The zero-order valence-corrected chi connectivity index (χ0v) is 13.4. The molecule has 0 aliphatic rings. The third-order valence-corrected chi connectivity index (χ3v) is 5.75. The second kappa shape index (κ2) is 9.95. The van der Waals surface area contributed by atoms with Crippen molar-refractivity contribution in [1.29, 1.82) is 0 Å². The molecule has 0 aromatic heterocycles. The molecule has 0 saturated carbocycles. The van der Waals surface area contributed by atoms with Gasteiger partial charge in [-0.2, -0.15) is 0 Å². The van der Waals surface area contributed by atoms with Crippen LogP contribution in [0.1, 0.15) is 30.9 Å². The standard InChI is InChI=1S/C16H26O2Si/c1-4-12-19(14-17-3)18-11-7-10-16-9-6-8-15(5-2)13-16/h5-6,8-9,13,19H,2,4,7,10-12,14H2,1,3H3. The van der Waals surface area contributed by atoms with E-state index in [1.165, 1.54) is 23.6 Å². The van der Waals surface area contributed by atoms with Gasteiger partial charge in [-0.25, -0.2) is 0 Å². The summed E-state index contributed by atoms with van der Waals surface area (Å²) in [6, 6.07) is 9.74. The van der Waals surface area contributed by atoms with Crippen LogP contribution in [-0.2, 0) is 15.6 Å². The molecular weight excluding hydrogens is 252 g/mol. The first-order valence-corrected chi connectivity index (χ1v) is 9.22. The summed E-state index contributed by atoms with van der Waals surface area (Å²) in [6.07, 6.45) is 6.07. The number of aryl methyl sites for hydroxylation is 1. The molecule has 19 heavy (non-hydrogen) atoms. The first-order valence-electron chi connectivity index (χ1n) is 7.12. The van der Waals surface area contributed by atoms with E-state index in [1.807, 2.05) is 6.08 Å². The van der Waals surface area contributed by atoms with Gasteiger partial charge >= 0.3 is 0 Å². The lowest BCUT2D eigenvalue weighted by atomic mass is 10.1. The number of hydrogen-bond donors (Lipinski definition) is 0. The zero-order chi connectivity index (χ0) is 13.9. The fraction of sp³-hybridized carbons (Fsp3) is 0.500. The minimum atomic E-state index is -1.11. The molecule has 0 aliphatic carbocycles. The molecule has 1 rings (SSSR count). The normalized spacial score (nSPS) is 12.3. The van der Waals surface area contributed by atoms with E-state index in [1.54, 1.807) is 7.11 Å². The summed E-state index contributed by atoms with van der Waals surface area (Å²) in [6.45, 7) is 6.87. The Kier molecular flexibility index (Phi) is 8.46. The highest BCUT2D eigenvalue weighted by atomic mass is 28.3. The number of ether oxygens (including phenoxy) is 1. The lowest BCUT2D eigenvalue weighted by Gasteiger charge is -2.14. The third kappa shape index (κ3) is 6.71. The van der Waals surface area contributed by atoms with Gasteiger partial charge in [0.1, 0.15) is 0 Å². The summed E-state index contributed by atoms with van der Waals surface area (Å²) in [7, 11) is 0.650. The Labute approximate surface area is 119 Å². The van der Waals surface area contributed by atoms with E-state index in [9.17, 15) is 0 Å². The van der Waals surface area contributed by atoms with E-state index in [-0.39, 0.29) is 0 Å². The maximum atomic E-state index is 5.99. The van der Waals surface area contributed by atoms with E-state index in [2.05, 4.69) is 37.8 Å². The second-order valence-electron chi connectivity index (χ2n) is 4.79. The monoisotopic (exact) mass is 278 g/mol. The lowest BCUT2D eigenvalue weighted by molar-refractivity contribution is 0.215. The van der Waals surface area contributed by atoms with Crippen LogP contribution < -0.4 is 0 Å². The average molecular weight is 278 g/mol. The van der Waals surface area contributed by atoms with Gasteiger partial charge in [0.15, 0.2) is 0 Å². The number of hydrogen-bond acceptors (Lipinski definition) is 2. The molecule has 1 aromatic rings. The minimum absolute atomic E-state index is 0.833. The molecule has 0 saturated heterocycles. The molecule has 0 heterocycles. The van der Waals surface area contributed by atoms with Crippen LogP contribution in [0.3, 0.4) is 0 Å². The first-order chi connectivity index (χ1) is 9.30. The Bertz CT molecular complexity index is 360. The van der Waals surface area contributed by atoms with Gasteiger partial charge in [0.05, 0.1) is 6.23 Å².